The summed E-state index contributed by atoms with van der Waals surface area (Å²) in [6.07, 6.45) is 0. The van der Waals surface area contributed by atoms with Crippen molar-refractivity contribution in [2.45, 2.75) is 20.4 Å². The van der Waals surface area contributed by atoms with E-state index in [2.05, 4.69) is 30.1 Å². The van der Waals surface area contributed by atoms with Gasteiger partial charge in [-0.05, 0) is 25.5 Å². The van der Waals surface area contributed by atoms with E-state index in [1.54, 1.807) is 0 Å². The minimum atomic E-state index is 0. The van der Waals surface area contributed by atoms with Crippen molar-refractivity contribution < 1.29 is 9.47 Å². The second-order valence-corrected chi connectivity index (χ2v) is 5.56. The van der Waals surface area contributed by atoms with Gasteiger partial charge in [-0.2, -0.15) is 0 Å². The number of rotatable bonds is 7. The lowest BCUT2D eigenvalue weighted by Gasteiger charge is -2.23. The normalized spacial score (nSPS) is 9.83. The second-order valence-electron chi connectivity index (χ2n) is 5.56. The summed E-state index contributed by atoms with van der Waals surface area (Å²) in [5.74, 6) is 1.82. The highest BCUT2D eigenvalue weighted by molar-refractivity contribution is 14.0. The Labute approximate surface area is 157 Å². The Hall–Kier alpha value is -1.02. The molecule has 5 nitrogen and oxygen atoms in total. The smallest absolute Gasteiger partial charge is 0.195 e. The van der Waals surface area contributed by atoms with Crippen molar-refractivity contribution in [1.82, 2.24) is 9.80 Å². The highest BCUT2D eigenvalue weighted by Gasteiger charge is 2.07. The largest absolute Gasteiger partial charge is 0.491 e. The van der Waals surface area contributed by atoms with Crippen molar-refractivity contribution in [3.63, 3.8) is 0 Å². The van der Waals surface area contributed by atoms with E-state index in [1.807, 2.05) is 44.9 Å². The van der Waals surface area contributed by atoms with E-state index in [0.717, 1.165) is 17.3 Å². The van der Waals surface area contributed by atoms with Crippen LogP contribution < -0.4 is 4.74 Å². The number of benzene rings is 1. The molecule has 0 unspecified atom stereocenters. The van der Waals surface area contributed by atoms with Gasteiger partial charge in [0.2, 0.25) is 0 Å². The van der Waals surface area contributed by atoms with Gasteiger partial charge in [0, 0.05) is 40.4 Å². The fraction of sp³-hybridized carbons (Fsp3) is 0.588. The minimum Gasteiger partial charge on any atom is -0.491 e. The Morgan fingerprint density at radius 1 is 1.09 bits per heavy atom. The van der Waals surface area contributed by atoms with Gasteiger partial charge < -0.3 is 19.3 Å². The topological polar surface area (TPSA) is 37.3 Å². The molecular formula is C17H30IN3O2. The molecule has 0 heterocycles. The molecule has 0 aliphatic rings. The molecule has 0 aliphatic carbocycles. The van der Waals surface area contributed by atoms with Crippen molar-refractivity contribution >= 4 is 29.9 Å². The molecule has 0 aromatic heterocycles. The fourth-order valence-corrected chi connectivity index (χ4v) is 2.12. The zero-order valence-electron chi connectivity index (χ0n) is 15.1. The van der Waals surface area contributed by atoms with Crippen LogP contribution in [-0.4, -0.2) is 63.8 Å². The van der Waals surface area contributed by atoms with E-state index in [0.29, 0.717) is 26.4 Å². The van der Waals surface area contributed by atoms with Crippen molar-refractivity contribution in [3.05, 3.63) is 29.3 Å². The lowest BCUT2D eigenvalue weighted by Crippen LogP contribution is -2.35. The van der Waals surface area contributed by atoms with Gasteiger partial charge in [-0.25, -0.2) is 4.99 Å². The van der Waals surface area contributed by atoms with E-state index in [1.165, 1.54) is 5.56 Å². The summed E-state index contributed by atoms with van der Waals surface area (Å²) >= 11 is 0. The highest BCUT2D eigenvalue weighted by Crippen LogP contribution is 2.21. The molecule has 1 aromatic carbocycles. The molecule has 1 aromatic rings. The Morgan fingerprint density at radius 3 is 2.30 bits per heavy atom. The molecule has 0 saturated heterocycles. The first kappa shape index (κ1) is 22.0. The molecule has 1 rings (SSSR count). The maximum atomic E-state index is 5.85. The molecule has 0 bridgehead atoms. The zero-order valence-corrected chi connectivity index (χ0v) is 17.5. The molecule has 0 radical (unpaired) electrons. The predicted molar refractivity (Wildman–Crippen MR) is 107 cm³/mol. The van der Waals surface area contributed by atoms with E-state index < -0.39 is 0 Å². The van der Waals surface area contributed by atoms with Crippen LogP contribution in [0.25, 0.3) is 0 Å². The third-order valence-corrected chi connectivity index (χ3v) is 3.10. The summed E-state index contributed by atoms with van der Waals surface area (Å²) in [6, 6.07) is 6.23. The maximum absolute atomic E-state index is 5.85. The van der Waals surface area contributed by atoms with Crippen LogP contribution in [0.5, 0.6) is 5.75 Å². The number of guanidine groups is 1. The number of hydrogen-bond donors (Lipinski definition) is 0. The van der Waals surface area contributed by atoms with Gasteiger partial charge in [0.25, 0.3) is 0 Å². The van der Waals surface area contributed by atoms with Gasteiger partial charge in [0.05, 0.1) is 13.2 Å². The third-order valence-electron chi connectivity index (χ3n) is 3.10. The Kier molecular flexibility index (Phi) is 11.0. The zero-order chi connectivity index (χ0) is 16.5. The molecule has 132 valence electrons. The second kappa shape index (κ2) is 11.5. The summed E-state index contributed by atoms with van der Waals surface area (Å²) in [5.41, 5.74) is 2.27. The summed E-state index contributed by atoms with van der Waals surface area (Å²) in [6.45, 7) is 6.51. The summed E-state index contributed by atoms with van der Waals surface area (Å²) in [5, 5.41) is 0. The number of ether oxygens (including phenoxy) is 2. The molecule has 23 heavy (non-hydrogen) atoms. The standard InChI is InChI=1S/C17H29N3O2.HI/c1-7-21-10-11-22-16-12-14(2)8-9-15(16)13-18-17(19(3)4)20(5)6;/h8-9,12H,7,10-11,13H2,1-6H3;1H. The van der Waals surface area contributed by atoms with Crippen LogP contribution in [0.2, 0.25) is 0 Å². The first-order valence-corrected chi connectivity index (χ1v) is 7.64. The van der Waals surface area contributed by atoms with E-state index in [9.17, 15) is 0 Å². The van der Waals surface area contributed by atoms with Gasteiger partial charge >= 0.3 is 0 Å². The molecule has 0 saturated carbocycles. The fourth-order valence-electron chi connectivity index (χ4n) is 2.12. The monoisotopic (exact) mass is 435 g/mol. The van der Waals surface area contributed by atoms with Gasteiger partial charge in [-0.15, -0.1) is 24.0 Å². The first-order chi connectivity index (χ1) is 10.5. The lowest BCUT2D eigenvalue weighted by atomic mass is 10.1. The lowest BCUT2D eigenvalue weighted by molar-refractivity contribution is 0.110. The summed E-state index contributed by atoms with van der Waals surface area (Å²) in [4.78, 5) is 8.69. The Bertz CT molecular complexity index is 481. The van der Waals surface area contributed by atoms with Crippen LogP contribution in [0, 0.1) is 6.92 Å². The van der Waals surface area contributed by atoms with Crippen LogP contribution in [-0.2, 0) is 11.3 Å². The highest BCUT2D eigenvalue weighted by atomic mass is 127. The number of nitrogens with zero attached hydrogens (tertiary/aromatic N) is 3. The summed E-state index contributed by atoms with van der Waals surface area (Å²) < 4.78 is 11.2. The van der Waals surface area contributed by atoms with Crippen LogP contribution in [0.15, 0.2) is 23.2 Å². The van der Waals surface area contributed by atoms with Crippen molar-refractivity contribution in [2.24, 2.45) is 4.99 Å². The number of aryl methyl sites for hydroxylation is 1. The first-order valence-electron chi connectivity index (χ1n) is 7.64. The van der Waals surface area contributed by atoms with E-state index >= 15 is 0 Å². The van der Waals surface area contributed by atoms with Crippen LogP contribution in [0.4, 0.5) is 0 Å². The van der Waals surface area contributed by atoms with Gasteiger partial charge in [-0.3, -0.25) is 0 Å². The van der Waals surface area contributed by atoms with Gasteiger partial charge in [0.15, 0.2) is 5.96 Å². The Morgan fingerprint density at radius 2 is 1.74 bits per heavy atom. The molecule has 0 atom stereocenters. The summed E-state index contributed by atoms with van der Waals surface area (Å²) in [7, 11) is 7.97. The van der Waals surface area contributed by atoms with Crippen LogP contribution in [0.3, 0.4) is 0 Å². The van der Waals surface area contributed by atoms with E-state index in [4.69, 9.17) is 9.47 Å². The van der Waals surface area contributed by atoms with Crippen molar-refractivity contribution in [1.29, 1.82) is 0 Å². The molecular weight excluding hydrogens is 405 g/mol. The maximum Gasteiger partial charge on any atom is 0.195 e. The van der Waals surface area contributed by atoms with Gasteiger partial charge in [-0.1, -0.05) is 12.1 Å². The molecule has 0 N–H and O–H groups in total. The molecule has 0 aliphatic heterocycles. The molecule has 0 spiro atoms. The Balaban J connectivity index is 0.00000484. The number of hydrogen-bond acceptors (Lipinski definition) is 3. The quantitative estimate of drug-likeness (QED) is 0.286. The average molecular weight is 435 g/mol. The van der Waals surface area contributed by atoms with Crippen molar-refractivity contribution in [2.75, 3.05) is 48.0 Å². The minimum absolute atomic E-state index is 0. The SMILES string of the molecule is CCOCCOc1cc(C)ccc1CN=C(N(C)C)N(C)C.I. The number of halogens is 1. The molecule has 0 fully saturated rings. The predicted octanol–water partition coefficient (Wildman–Crippen LogP) is 3.01. The average Bonchev–Trinajstić information content (AvgIpc) is 2.45. The molecule has 0 amide bonds. The van der Waals surface area contributed by atoms with E-state index in [-0.39, 0.29) is 24.0 Å². The molecule has 6 heteroatoms. The van der Waals surface area contributed by atoms with Crippen molar-refractivity contribution in [3.8, 4) is 5.75 Å². The third kappa shape index (κ3) is 7.87. The van der Waals surface area contributed by atoms with Crippen LogP contribution >= 0.6 is 24.0 Å². The number of aliphatic imine (C=N–C) groups is 1. The van der Waals surface area contributed by atoms with Gasteiger partial charge in [0.1, 0.15) is 12.4 Å². The van der Waals surface area contributed by atoms with Crippen LogP contribution in [0.1, 0.15) is 18.1 Å².